The Kier molecular flexibility index (Phi) is 5.11. The van der Waals surface area contributed by atoms with E-state index in [0.29, 0.717) is 24.4 Å². The molecule has 1 N–H and O–H groups in total. The highest BCUT2D eigenvalue weighted by Crippen LogP contribution is 2.32. The molecule has 1 aromatic heterocycles. The minimum Gasteiger partial charge on any atom is -0.454 e. The van der Waals surface area contributed by atoms with Gasteiger partial charge in [-0.2, -0.15) is 11.3 Å². The quantitative estimate of drug-likeness (QED) is 0.823. The third-order valence-electron chi connectivity index (χ3n) is 4.74. The van der Waals surface area contributed by atoms with Gasteiger partial charge >= 0.3 is 0 Å². The van der Waals surface area contributed by atoms with E-state index in [2.05, 4.69) is 5.32 Å². The number of amides is 2. The van der Waals surface area contributed by atoms with Crippen LogP contribution in [0.15, 0.2) is 41.1 Å². The van der Waals surface area contributed by atoms with Gasteiger partial charge in [0, 0.05) is 36.2 Å². The number of likely N-dealkylation sites (tertiary alicyclic amines) is 1. The average molecular weight is 384 g/mol. The van der Waals surface area contributed by atoms with E-state index < -0.39 is 0 Å². The van der Waals surface area contributed by atoms with Gasteiger partial charge in [0.1, 0.15) is 0 Å². The second-order valence-electron chi connectivity index (χ2n) is 6.53. The van der Waals surface area contributed by atoms with Gasteiger partial charge in [-0.25, -0.2) is 0 Å². The van der Waals surface area contributed by atoms with E-state index in [-0.39, 0.29) is 24.6 Å². The number of nitrogens with one attached hydrogen (secondary N) is 1. The molecule has 27 heavy (non-hydrogen) atoms. The maximum absolute atomic E-state index is 12.4. The van der Waals surface area contributed by atoms with Crippen LogP contribution in [-0.2, 0) is 4.79 Å². The summed E-state index contributed by atoms with van der Waals surface area (Å²) in [6, 6.07) is 7.52. The zero-order valence-electron chi connectivity index (χ0n) is 14.7. The molecule has 2 amide bonds. The first-order chi connectivity index (χ1) is 13.2. The van der Waals surface area contributed by atoms with Gasteiger partial charge in [-0.3, -0.25) is 9.59 Å². The Labute approximate surface area is 161 Å². The average Bonchev–Trinajstić information content (AvgIpc) is 3.38. The number of piperidine rings is 1. The number of rotatable bonds is 4. The van der Waals surface area contributed by atoms with Gasteiger partial charge in [-0.1, -0.05) is 6.07 Å². The zero-order valence-corrected chi connectivity index (χ0v) is 15.5. The number of carbonyl (C=O) groups excluding carboxylic acids is 2. The Hall–Kier alpha value is -2.80. The number of fused-ring (bicyclic) bond motifs is 1. The molecule has 0 unspecified atom stereocenters. The third-order valence-corrected chi connectivity index (χ3v) is 5.42. The van der Waals surface area contributed by atoms with Crippen molar-refractivity contribution in [3.8, 4) is 11.5 Å². The van der Waals surface area contributed by atoms with Gasteiger partial charge in [0.05, 0.1) is 0 Å². The Balaban J connectivity index is 1.28. The van der Waals surface area contributed by atoms with Crippen LogP contribution in [0.2, 0.25) is 0 Å². The van der Waals surface area contributed by atoms with Crippen molar-refractivity contribution in [2.24, 2.45) is 0 Å². The second-order valence-corrected chi connectivity index (χ2v) is 7.31. The summed E-state index contributed by atoms with van der Waals surface area (Å²) in [4.78, 5) is 26.3. The fraction of sp³-hybridized carbons (Fsp3) is 0.300. The van der Waals surface area contributed by atoms with Crippen LogP contribution >= 0.6 is 11.3 Å². The summed E-state index contributed by atoms with van der Waals surface area (Å²) in [5.41, 5.74) is 1.59. The highest BCUT2D eigenvalue weighted by molar-refractivity contribution is 7.08. The molecule has 0 saturated carbocycles. The second kappa shape index (κ2) is 7.84. The van der Waals surface area contributed by atoms with Gasteiger partial charge in [0.15, 0.2) is 11.5 Å². The highest BCUT2D eigenvalue weighted by Gasteiger charge is 2.23. The molecule has 140 valence electrons. The molecule has 4 rings (SSSR count). The van der Waals surface area contributed by atoms with Gasteiger partial charge in [0.25, 0.3) is 5.91 Å². The fourth-order valence-electron chi connectivity index (χ4n) is 3.20. The summed E-state index contributed by atoms with van der Waals surface area (Å²) in [5.74, 6) is 1.37. The number of nitrogens with zero attached hydrogens (tertiary/aromatic N) is 1. The fourth-order valence-corrected chi connectivity index (χ4v) is 3.83. The molecule has 0 aliphatic carbocycles. The maximum Gasteiger partial charge on any atom is 0.252 e. The molecule has 2 aliphatic rings. The van der Waals surface area contributed by atoms with Crippen LogP contribution in [0.3, 0.4) is 0 Å². The lowest BCUT2D eigenvalue weighted by Crippen LogP contribution is -2.46. The topological polar surface area (TPSA) is 67.9 Å². The first kappa shape index (κ1) is 17.6. The lowest BCUT2D eigenvalue weighted by molar-refractivity contribution is -0.126. The van der Waals surface area contributed by atoms with Crippen molar-refractivity contribution < 1.29 is 19.1 Å². The molecule has 0 spiro atoms. The molecular weight excluding hydrogens is 364 g/mol. The summed E-state index contributed by atoms with van der Waals surface area (Å²) in [6.45, 7) is 1.51. The van der Waals surface area contributed by atoms with Crippen LogP contribution in [0, 0.1) is 0 Å². The normalized spacial score (nSPS) is 16.7. The van der Waals surface area contributed by atoms with Crippen molar-refractivity contribution >= 4 is 29.2 Å². The zero-order chi connectivity index (χ0) is 18.6. The van der Waals surface area contributed by atoms with Crippen molar-refractivity contribution in [3.63, 3.8) is 0 Å². The summed E-state index contributed by atoms with van der Waals surface area (Å²) in [6.07, 6.45) is 4.90. The predicted molar refractivity (Wildman–Crippen MR) is 103 cm³/mol. The molecule has 3 heterocycles. The van der Waals surface area contributed by atoms with Crippen LogP contribution in [0.25, 0.3) is 6.08 Å². The summed E-state index contributed by atoms with van der Waals surface area (Å²) in [5, 5.41) is 6.78. The van der Waals surface area contributed by atoms with Crippen molar-refractivity contribution in [2.45, 2.75) is 18.9 Å². The monoisotopic (exact) mass is 384 g/mol. The Morgan fingerprint density at radius 3 is 2.74 bits per heavy atom. The third kappa shape index (κ3) is 4.14. The summed E-state index contributed by atoms with van der Waals surface area (Å²) >= 11 is 1.51. The Morgan fingerprint density at radius 1 is 1.15 bits per heavy atom. The first-order valence-electron chi connectivity index (χ1n) is 8.89. The van der Waals surface area contributed by atoms with E-state index in [4.69, 9.17) is 9.47 Å². The predicted octanol–water partition coefficient (Wildman–Crippen LogP) is 2.91. The lowest BCUT2D eigenvalue weighted by atomic mass is 10.0. The number of carbonyl (C=O) groups is 2. The molecule has 2 aromatic rings. The van der Waals surface area contributed by atoms with Crippen molar-refractivity contribution in [1.29, 1.82) is 0 Å². The summed E-state index contributed by atoms with van der Waals surface area (Å²) < 4.78 is 10.6. The van der Waals surface area contributed by atoms with E-state index in [0.717, 1.165) is 24.2 Å². The molecule has 0 atom stereocenters. The SMILES string of the molecule is O=C(NC1CCN(C(=O)/C=C/c2ccc3c(c2)OCO3)CC1)c1ccsc1. The van der Waals surface area contributed by atoms with Gasteiger partial charge in [0.2, 0.25) is 12.7 Å². The van der Waals surface area contributed by atoms with E-state index in [1.807, 2.05) is 39.9 Å². The van der Waals surface area contributed by atoms with Crippen molar-refractivity contribution in [3.05, 3.63) is 52.2 Å². The van der Waals surface area contributed by atoms with Crippen LogP contribution in [0.5, 0.6) is 11.5 Å². The van der Waals surface area contributed by atoms with Gasteiger partial charge < -0.3 is 19.7 Å². The van der Waals surface area contributed by atoms with E-state index >= 15 is 0 Å². The minimum atomic E-state index is -0.0382. The van der Waals surface area contributed by atoms with Crippen LogP contribution in [0.4, 0.5) is 0 Å². The van der Waals surface area contributed by atoms with Crippen molar-refractivity contribution in [1.82, 2.24) is 10.2 Å². The number of hydrogen-bond donors (Lipinski definition) is 1. The number of thiophene rings is 1. The Bertz CT molecular complexity index is 855. The molecule has 1 fully saturated rings. The van der Waals surface area contributed by atoms with Gasteiger partial charge in [-0.05, 0) is 48.1 Å². The highest BCUT2D eigenvalue weighted by atomic mass is 32.1. The molecule has 1 saturated heterocycles. The number of hydrogen-bond acceptors (Lipinski definition) is 5. The van der Waals surface area contributed by atoms with E-state index in [9.17, 15) is 9.59 Å². The molecule has 7 heteroatoms. The standard InChI is InChI=1S/C20H20N2O4S/c23-19(4-2-14-1-3-17-18(11-14)26-13-25-17)22-8-5-16(6-9-22)21-20(24)15-7-10-27-12-15/h1-4,7,10-12,16H,5-6,8-9,13H2,(H,21,24)/b4-2+. The molecular formula is C20H20N2O4S. The van der Waals surface area contributed by atoms with Crippen LogP contribution in [0.1, 0.15) is 28.8 Å². The summed E-state index contributed by atoms with van der Waals surface area (Å²) in [7, 11) is 0. The van der Waals surface area contributed by atoms with E-state index in [1.54, 1.807) is 12.2 Å². The molecule has 6 nitrogen and oxygen atoms in total. The molecule has 2 aliphatic heterocycles. The maximum atomic E-state index is 12.4. The molecule has 0 bridgehead atoms. The van der Waals surface area contributed by atoms with Gasteiger partial charge in [-0.15, -0.1) is 0 Å². The van der Waals surface area contributed by atoms with Crippen LogP contribution < -0.4 is 14.8 Å². The molecule has 0 radical (unpaired) electrons. The smallest absolute Gasteiger partial charge is 0.252 e. The van der Waals surface area contributed by atoms with Crippen molar-refractivity contribution in [2.75, 3.05) is 19.9 Å². The lowest BCUT2D eigenvalue weighted by Gasteiger charge is -2.31. The first-order valence-corrected chi connectivity index (χ1v) is 9.83. The van der Waals surface area contributed by atoms with Crippen LogP contribution in [-0.4, -0.2) is 42.6 Å². The largest absolute Gasteiger partial charge is 0.454 e. The number of ether oxygens (including phenoxy) is 2. The Morgan fingerprint density at radius 2 is 1.96 bits per heavy atom. The molecule has 1 aromatic carbocycles. The minimum absolute atomic E-state index is 0.0183. The number of benzene rings is 1. The van der Waals surface area contributed by atoms with E-state index in [1.165, 1.54) is 11.3 Å².